The van der Waals surface area contributed by atoms with Crippen molar-refractivity contribution in [2.24, 2.45) is 0 Å². The summed E-state index contributed by atoms with van der Waals surface area (Å²) >= 11 is 0. The second kappa shape index (κ2) is 3.82. The van der Waals surface area contributed by atoms with Crippen molar-refractivity contribution in [1.82, 2.24) is 15.1 Å². The van der Waals surface area contributed by atoms with Crippen molar-refractivity contribution in [1.29, 1.82) is 0 Å². The van der Waals surface area contributed by atoms with E-state index in [9.17, 15) is 4.79 Å². The van der Waals surface area contributed by atoms with Gasteiger partial charge in [0.05, 0.1) is 23.5 Å². The number of aromatic nitrogens is 2. The quantitative estimate of drug-likeness (QED) is 0.802. The number of benzene rings is 1. The Balaban J connectivity index is 2.05. The highest BCUT2D eigenvalue weighted by molar-refractivity contribution is 5.99. The van der Waals surface area contributed by atoms with Gasteiger partial charge < -0.3 is 5.32 Å². The predicted octanol–water partition coefficient (Wildman–Crippen LogP) is 1.47. The Morgan fingerprint density at radius 2 is 2.00 bits per heavy atom. The number of nitrogens with zero attached hydrogens (tertiary/aromatic N) is 2. The molecule has 1 aromatic heterocycles. The highest BCUT2D eigenvalue weighted by Gasteiger charge is 2.20. The SMILES string of the molecule is Cc1ccc(-n2cc3c(n2)CNCC3=O)cc1. The van der Waals surface area contributed by atoms with Crippen LogP contribution in [0.15, 0.2) is 30.5 Å². The summed E-state index contributed by atoms with van der Waals surface area (Å²) in [5.74, 6) is 0.115. The fourth-order valence-corrected chi connectivity index (χ4v) is 1.99. The number of ketones is 1. The molecule has 0 bridgehead atoms. The third kappa shape index (κ3) is 1.76. The van der Waals surface area contributed by atoms with Gasteiger partial charge in [0, 0.05) is 12.7 Å². The van der Waals surface area contributed by atoms with Crippen LogP contribution >= 0.6 is 0 Å². The lowest BCUT2D eigenvalue weighted by Gasteiger charge is -2.08. The second-order valence-electron chi connectivity index (χ2n) is 4.30. The molecular weight excluding hydrogens is 214 g/mol. The molecule has 1 aromatic carbocycles. The first-order chi connectivity index (χ1) is 8.24. The number of rotatable bonds is 1. The minimum Gasteiger partial charge on any atom is -0.304 e. The highest BCUT2D eigenvalue weighted by atomic mass is 16.1. The Morgan fingerprint density at radius 1 is 1.24 bits per heavy atom. The van der Waals surface area contributed by atoms with Crippen LogP contribution in [-0.2, 0) is 6.54 Å². The van der Waals surface area contributed by atoms with Gasteiger partial charge in [0.15, 0.2) is 5.78 Å². The largest absolute Gasteiger partial charge is 0.304 e. The van der Waals surface area contributed by atoms with Gasteiger partial charge in [0.1, 0.15) is 0 Å². The highest BCUT2D eigenvalue weighted by Crippen LogP contribution is 2.15. The van der Waals surface area contributed by atoms with E-state index in [4.69, 9.17) is 0 Å². The van der Waals surface area contributed by atoms with Gasteiger partial charge in [-0.15, -0.1) is 0 Å². The van der Waals surface area contributed by atoms with Gasteiger partial charge in [0.25, 0.3) is 0 Å². The van der Waals surface area contributed by atoms with E-state index in [-0.39, 0.29) is 5.78 Å². The molecular formula is C13H13N3O. The second-order valence-corrected chi connectivity index (χ2v) is 4.30. The summed E-state index contributed by atoms with van der Waals surface area (Å²) < 4.78 is 1.77. The maximum atomic E-state index is 11.7. The summed E-state index contributed by atoms with van der Waals surface area (Å²) in [4.78, 5) is 11.7. The van der Waals surface area contributed by atoms with Crippen LogP contribution in [-0.4, -0.2) is 22.1 Å². The van der Waals surface area contributed by atoms with E-state index in [0.717, 1.165) is 16.9 Å². The van der Waals surface area contributed by atoms with Crippen LogP contribution in [0.25, 0.3) is 5.69 Å². The molecule has 0 saturated carbocycles. The molecule has 4 heteroatoms. The van der Waals surface area contributed by atoms with Gasteiger partial charge in [-0.2, -0.15) is 5.10 Å². The predicted molar refractivity (Wildman–Crippen MR) is 64.3 cm³/mol. The molecule has 0 radical (unpaired) electrons. The minimum absolute atomic E-state index is 0.115. The standard InChI is InChI=1S/C13H13N3O/c1-9-2-4-10(5-3-9)16-8-11-12(15-16)6-14-7-13(11)17/h2-5,8,14H,6-7H2,1H3. The number of Topliss-reactive ketones (excluding diaryl/α,β-unsaturated/α-hetero) is 1. The molecule has 0 atom stereocenters. The molecule has 0 unspecified atom stereocenters. The molecule has 1 aliphatic heterocycles. The number of hydrogen-bond donors (Lipinski definition) is 1. The van der Waals surface area contributed by atoms with Crippen LogP contribution < -0.4 is 5.32 Å². The molecule has 2 heterocycles. The number of carbonyl (C=O) groups excluding carboxylic acids is 1. The van der Waals surface area contributed by atoms with Gasteiger partial charge in [-0.05, 0) is 19.1 Å². The molecule has 2 aromatic rings. The van der Waals surface area contributed by atoms with E-state index in [1.807, 2.05) is 37.4 Å². The monoisotopic (exact) mass is 227 g/mol. The fourth-order valence-electron chi connectivity index (χ4n) is 1.99. The third-order valence-electron chi connectivity index (χ3n) is 2.97. The van der Waals surface area contributed by atoms with Crippen molar-refractivity contribution < 1.29 is 4.79 Å². The maximum absolute atomic E-state index is 11.7. The summed E-state index contributed by atoms with van der Waals surface area (Å²) in [5.41, 5.74) is 3.77. The molecule has 0 amide bonds. The van der Waals surface area contributed by atoms with Crippen LogP contribution in [0.2, 0.25) is 0 Å². The van der Waals surface area contributed by atoms with Crippen LogP contribution in [0.4, 0.5) is 0 Å². The van der Waals surface area contributed by atoms with Crippen molar-refractivity contribution in [3.05, 3.63) is 47.3 Å². The van der Waals surface area contributed by atoms with Crippen LogP contribution in [0.1, 0.15) is 21.6 Å². The molecule has 17 heavy (non-hydrogen) atoms. The maximum Gasteiger partial charge on any atom is 0.180 e. The average molecular weight is 227 g/mol. The Bertz CT molecular complexity index is 569. The summed E-state index contributed by atoms with van der Waals surface area (Å²) in [6.07, 6.45) is 1.82. The summed E-state index contributed by atoms with van der Waals surface area (Å²) in [6.45, 7) is 3.12. The summed E-state index contributed by atoms with van der Waals surface area (Å²) in [5, 5.41) is 7.47. The number of carbonyl (C=O) groups is 1. The lowest BCUT2D eigenvalue weighted by atomic mass is 10.1. The van der Waals surface area contributed by atoms with E-state index in [1.165, 1.54) is 5.56 Å². The summed E-state index contributed by atoms with van der Waals surface area (Å²) in [6, 6.07) is 8.09. The van der Waals surface area contributed by atoms with Gasteiger partial charge in [-0.25, -0.2) is 4.68 Å². The average Bonchev–Trinajstić information content (AvgIpc) is 2.75. The smallest absolute Gasteiger partial charge is 0.180 e. The number of nitrogens with one attached hydrogen (secondary N) is 1. The minimum atomic E-state index is 0.115. The lowest BCUT2D eigenvalue weighted by Crippen LogP contribution is -2.29. The van der Waals surface area contributed by atoms with Crippen molar-refractivity contribution in [2.75, 3.05) is 6.54 Å². The van der Waals surface area contributed by atoms with Gasteiger partial charge in [-0.1, -0.05) is 17.7 Å². The summed E-state index contributed by atoms with van der Waals surface area (Å²) in [7, 11) is 0. The molecule has 0 aliphatic carbocycles. The molecule has 0 fully saturated rings. The Kier molecular flexibility index (Phi) is 2.30. The number of hydrogen-bond acceptors (Lipinski definition) is 3. The van der Waals surface area contributed by atoms with Crippen LogP contribution in [0.3, 0.4) is 0 Å². The zero-order chi connectivity index (χ0) is 11.8. The first-order valence-corrected chi connectivity index (χ1v) is 5.63. The first-order valence-electron chi connectivity index (χ1n) is 5.63. The third-order valence-corrected chi connectivity index (χ3v) is 2.97. The molecule has 3 rings (SSSR count). The molecule has 1 N–H and O–H groups in total. The van der Waals surface area contributed by atoms with Crippen molar-refractivity contribution in [3.63, 3.8) is 0 Å². The van der Waals surface area contributed by atoms with Crippen LogP contribution in [0, 0.1) is 6.92 Å². The van der Waals surface area contributed by atoms with Gasteiger partial charge in [0.2, 0.25) is 0 Å². The zero-order valence-electron chi connectivity index (χ0n) is 9.60. The zero-order valence-corrected chi connectivity index (χ0v) is 9.60. The van der Waals surface area contributed by atoms with Crippen LogP contribution in [0.5, 0.6) is 0 Å². The fraction of sp³-hybridized carbons (Fsp3) is 0.231. The Morgan fingerprint density at radius 3 is 2.71 bits per heavy atom. The molecule has 86 valence electrons. The van der Waals surface area contributed by atoms with Crippen molar-refractivity contribution in [3.8, 4) is 5.69 Å². The number of fused-ring (bicyclic) bond motifs is 1. The topological polar surface area (TPSA) is 46.9 Å². The number of aryl methyl sites for hydroxylation is 1. The van der Waals surface area contributed by atoms with E-state index in [0.29, 0.717) is 13.1 Å². The Labute approximate surface area is 99.3 Å². The van der Waals surface area contributed by atoms with E-state index in [2.05, 4.69) is 10.4 Å². The Hall–Kier alpha value is -1.94. The van der Waals surface area contributed by atoms with E-state index < -0.39 is 0 Å². The van der Waals surface area contributed by atoms with Gasteiger partial charge in [-0.3, -0.25) is 4.79 Å². The molecule has 1 aliphatic rings. The lowest BCUT2D eigenvalue weighted by molar-refractivity contribution is 0.0982. The van der Waals surface area contributed by atoms with Gasteiger partial charge >= 0.3 is 0 Å². The molecule has 0 saturated heterocycles. The van der Waals surface area contributed by atoms with Crippen molar-refractivity contribution >= 4 is 5.78 Å². The van der Waals surface area contributed by atoms with E-state index in [1.54, 1.807) is 4.68 Å². The molecule has 4 nitrogen and oxygen atoms in total. The molecule has 0 spiro atoms. The van der Waals surface area contributed by atoms with Crippen molar-refractivity contribution in [2.45, 2.75) is 13.5 Å². The normalized spacial score (nSPS) is 14.8. The first kappa shape index (κ1) is 10.2. The van der Waals surface area contributed by atoms with E-state index >= 15 is 0 Å².